The summed E-state index contributed by atoms with van der Waals surface area (Å²) in [5, 5.41) is 3.95. The maximum atomic E-state index is 11.9. The highest BCUT2D eigenvalue weighted by Crippen LogP contribution is 2.34. The van der Waals surface area contributed by atoms with E-state index in [1.54, 1.807) is 0 Å². The smallest absolute Gasteiger partial charge is 0.303 e. The summed E-state index contributed by atoms with van der Waals surface area (Å²) in [4.78, 5) is 50.4. The molecule has 4 atom stereocenters. The van der Waals surface area contributed by atoms with E-state index >= 15 is 0 Å². The lowest BCUT2D eigenvalue weighted by atomic mass is 10.1. The summed E-state index contributed by atoms with van der Waals surface area (Å²) >= 11 is 0. The molecule has 1 aliphatic heterocycles. The zero-order chi connectivity index (χ0) is 20.4. The van der Waals surface area contributed by atoms with Crippen LogP contribution in [0, 0.1) is 0 Å². The molecule has 0 unspecified atom stereocenters. The Morgan fingerprint density at radius 1 is 1.11 bits per heavy atom. The predicted octanol–water partition coefficient (Wildman–Crippen LogP) is -0.785. The fourth-order valence-corrected chi connectivity index (χ4v) is 2.93. The van der Waals surface area contributed by atoms with E-state index in [1.165, 1.54) is 43.9 Å². The van der Waals surface area contributed by atoms with Crippen molar-refractivity contribution in [2.45, 2.75) is 45.3 Å². The molecule has 0 saturated carbocycles. The third-order valence-electron chi connectivity index (χ3n) is 3.94. The maximum Gasteiger partial charge on any atom is 0.303 e. The molecule has 3 rings (SSSR count). The first-order valence-corrected chi connectivity index (χ1v) is 8.32. The molecule has 150 valence electrons. The largest absolute Gasteiger partial charge is 0.463 e. The third kappa shape index (κ3) is 3.86. The van der Waals surface area contributed by atoms with Crippen LogP contribution < -0.4 is 5.56 Å². The van der Waals surface area contributed by atoms with Crippen molar-refractivity contribution in [1.29, 1.82) is 0 Å². The molecule has 1 saturated heterocycles. The van der Waals surface area contributed by atoms with Gasteiger partial charge >= 0.3 is 17.9 Å². The van der Waals surface area contributed by atoms with E-state index in [1.807, 2.05) is 0 Å². The van der Waals surface area contributed by atoms with E-state index in [0.717, 1.165) is 4.52 Å². The molecule has 1 aliphatic rings. The third-order valence-corrected chi connectivity index (χ3v) is 3.94. The normalized spacial score (nSPS) is 24.1. The number of ether oxygens (including phenoxy) is 4. The van der Waals surface area contributed by atoms with Crippen LogP contribution in [-0.4, -0.2) is 62.0 Å². The average Bonchev–Trinajstić information content (AvgIpc) is 3.16. The van der Waals surface area contributed by atoms with Crippen LogP contribution in [0.25, 0.3) is 5.78 Å². The summed E-state index contributed by atoms with van der Waals surface area (Å²) in [6.45, 7) is 3.36. The van der Waals surface area contributed by atoms with Crippen LogP contribution in [-0.2, 0) is 33.3 Å². The van der Waals surface area contributed by atoms with Gasteiger partial charge in [-0.15, -0.1) is 0 Å². The Morgan fingerprint density at radius 2 is 1.79 bits per heavy atom. The first-order chi connectivity index (χ1) is 13.3. The Kier molecular flexibility index (Phi) is 5.40. The van der Waals surface area contributed by atoms with Gasteiger partial charge in [0.2, 0.25) is 5.78 Å². The highest BCUT2D eigenvalue weighted by atomic mass is 16.7. The van der Waals surface area contributed by atoms with Crippen molar-refractivity contribution < 1.29 is 33.3 Å². The average molecular weight is 394 g/mol. The standard InChI is InChI=1S/C16H18N4O8/c1-8(21)25-6-11-13(26-9(2)22)14(27-10(3)23)15(28-11)19-7-18-20-12(24)4-5-17-16(19)20/h4-5,7,11,13-15H,6H2,1-3H3/t11-,13-,14-,15-/m1/s1. The molecule has 0 N–H and O–H groups in total. The van der Waals surface area contributed by atoms with Gasteiger partial charge in [0.15, 0.2) is 18.4 Å². The highest BCUT2D eigenvalue weighted by molar-refractivity contribution is 5.68. The fourth-order valence-electron chi connectivity index (χ4n) is 2.93. The van der Waals surface area contributed by atoms with E-state index < -0.39 is 48.0 Å². The summed E-state index contributed by atoms with van der Waals surface area (Å²) in [6.07, 6.45) is -1.50. The minimum atomic E-state index is -1.09. The van der Waals surface area contributed by atoms with Crippen LogP contribution in [0.3, 0.4) is 0 Å². The number of rotatable bonds is 5. The van der Waals surface area contributed by atoms with Gasteiger partial charge in [-0.05, 0) is 0 Å². The van der Waals surface area contributed by atoms with Crippen molar-refractivity contribution in [3.8, 4) is 0 Å². The number of nitrogens with zero attached hydrogens (tertiary/aromatic N) is 4. The lowest BCUT2D eigenvalue weighted by Gasteiger charge is -2.23. The second kappa shape index (κ2) is 7.76. The molecule has 0 aromatic carbocycles. The minimum absolute atomic E-state index is 0.129. The Balaban J connectivity index is 2.02. The SMILES string of the molecule is CC(=O)OC[C@H]1O[C@@H](n2cnn3c(=O)ccnc23)[C@H](OC(C)=O)[C@@H]1OC(C)=O. The molecular weight excluding hydrogens is 376 g/mol. The summed E-state index contributed by atoms with van der Waals surface area (Å²) in [5.41, 5.74) is -0.418. The van der Waals surface area contributed by atoms with Crippen molar-refractivity contribution in [2.75, 3.05) is 6.61 Å². The first kappa shape index (κ1) is 19.5. The van der Waals surface area contributed by atoms with Crippen molar-refractivity contribution >= 4 is 23.7 Å². The Labute approximate surface area is 157 Å². The van der Waals surface area contributed by atoms with Gasteiger partial charge in [0, 0.05) is 33.0 Å². The summed E-state index contributed by atoms with van der Waals surface area (Å²) < 4.78 is 23.9. The summed E-state index contributed by atoms with van der Waals surface area (Å²) in [7, 11) is 0. The quantitative estimate of drug-likeness (QED) is 0.468. The van der Waals surface area contributed by atoms with Crippen LogP contribution in [0.2, 0.25) is 0 Å². The van der Waals surface area contributed by atoms with Crippen molar-refractivity contribution in [1.82, 2.24) is 19.2 Å². The van der Waals surface area contributed by atoms with Gasteiger partial charge in [-0.1, -0.05) is 0 Å². The molecule has 0 amide bonds. The molecule has 12 heteroatoms. The fraction of sp³-hybridized carbons (Fsp3) is 0.500. The van der Waals surface area contributed by atoms with Gasteiger partial charge in [-0.3, -0.25) is 23.7 Å². The molecule has 0 bridgehead atoms. The lowest BCUT2D eigenvalue weighted by Crippen LogP contribution is -2.40. The van der Waals surface area contributed by atoms with E-state index in [2.05, 4.69) is 10.1 Å². The first-order valence-electron chi connectivity index (χ1n) is 8.32. The highest BCUT2D eigenvalue weighted by Gasteiger charge is 2.51. The zero-order valence-corrected chi connectivity index (χ0v) is 15.3. The number of hydrogen-bond donors (Lipinski definition) is 0. The second-order valence-corrected chi connectivity index (χ2v) is 6.05. The molecule has 2 aromatic heterocycles. The Morgan fingerprint density at radius 3 is 2.43 bits per heavy atom. The van der Waals surface area contributed by atoms with E-state index in [9.17, 15) is 19.2 Å². The van der Waals surface area contributed by atoms with Crippen LogP contribution in [0.4, 0.5) is 0 Å². The number of fused-ring (bicyclic) bond motifs is 1. The summed E-state index contributed by atoms with van der Waals surface area (Å²) in [6, 6.07) is 1.23. The molecule has 2 aromatic rings. The van der Waals surface area contributed by atoms with Crippen LogP contribution in [0.5, 0.6) is 0 Å². The van der Waals surface area contributed by atoms with Crippen molar-refractivity contribution in [2.24, 2.45) is 0 Å². The number of carbonyl (C=O) groups is 3. The Hall–Kier alpha value is -3.28. The molecule has 3 heterocycles. The molecule has 1 fully saturated rings. The number of esters is 3. The van der Waals surface area contributed by atoms with Crippen LogP contribution in [0.15, 0.2) is 23.4 Å². The molecule has 12 nitrogen and oxygen atoms in total. The van der Waals surface area contributed by atoms with Gasteiger partial charge < -0.3 is 18.9 Å². The second-order valence-electron chi connectivity index (χ2n) is 6.05. The summed E-state index contributed by atoms with van der Waals surface area (Å²) in [5.74, 6) is -1.70. The van der Waals surface area contributed by atoms with E-state index in [-0.39, 0.29) is 12.4 Å². The monoisotopic (exact) mass is 394 g/mol. The number of carbonyl (C=O) groups excluding carboxylic acids is 3. The van der Waals surface area contributed by atoms with Gasteiger partial charge in [0.25, 0.3) is 5.56 Å². The number of aromatic nitrogens is 4. The number of hydrogen-bond acceptors (Lipinski definition) is 10. The zero-order valence-electron chi connectivity index (χ0n) is 15.3. The van der Waals surface area contributed by atoms with E-state index in [0.29, 0.717) is 0 Å². The molecule has 0 radical (unpaired) electrons. The van der Waals surface area contributed by atoms with Crippen LogP contribution >= 0.6 is 0 Å². The maximum absolute atomic E-state index is 11.9. The van der Waals surface area contributed by atoms with Crippen molar-refractivity contribution in [3.63, 3.8) is 0 Å². The van der Waals surface area contributed by atoms with Gasteiger partial charge in [0.1, 0.15) is 19.0 Å². The van der Waals surface area contributed by atoms with Gasteiger partial charge in [0.05, 0.1) is 0 Å². The van der Waals surface area contributed by atoms with Gasteiger partial charge in [-0.25, -0.2) is 4.98 Å². The van der Waals surface area contributed by atoms with Crippen molar-refractivity contribution in [3.05, 3.63) is 28.9 Å². The Bertz CT molecular complexity index is 967. The molecule has 28 heavy (non-hydrogen) atoms. The van der Waals surface area contributed by atoms with E-state index in [4.69, 9.17) is 18.9 Å². The molecule has 0 spiro atoms. The lowest BCUT2D eigenvalue weighted by molar-refractivity contribution is -0.166. The minimum Gasteiger partial charge on any atom is -0.463 e. The van der Waals surface area contributed by atoms with Crippen LogP contribution in [0.1, 0.15) is 27.0 Å². The molecule has 0 aliphatic carbocycles. The van der Waals surface area contributed by atoms with Gasteiger partial charge in [-0.2, -0.15) is 9.61 Å². The molecular formula is C16H18N4O8. The topological polar surface area (TPSA) is 140 Å². The predicted molar refractivity (Wildman–Crippen MR) is 88.9 cm³/mol.